The topological polar surface area (TPSA) is 74.2 Å². The van der Waals surface area contributed by atoms with Crippen molar-refractivity contribution in [3.63, 3.8) is 0 Å². The molecule has 1 aromatic carbocycles. The van der Waals surface area contributed by atoms with Crippen LogP contribution in [0.15, 0.2) is 16.7 Å². The summed E-state index contributed by atoms with van der Waals surface area (Å²) in [5.41, 5.74) is 5.22. The first kappa shape index (κ1) is 15.4. The molecule has 0 amide bonds. The number of rotatable bonds is 6. The lowest BCUT2D eigenvalue weighted by molar-refractivity contribution is 0.0478. The van der Waals surface area contributed by atoms with Crippen molar-refractivity contribution < 1.29 is 18.0 Å². The Morgan fingerprint density at radius 3 is 2.71 bits per heavy atom. The molecule has 1 unspecified atom stereocenters. The molecule has 1 heterocycles. The van der Waals surface area contributed by atoms with E-state index < -0.39 is 11.6 Å². The summed E-state index contributed by atoms with van der Waals surface area (Å²) >= 11 is 0. The minimum Gasteiger partial charge on any atom is -0.396 e. The molecule has 0 saturated carbocycles. The zero-order chi connectivity index (χ0) is 15.4. The second-order valence-corrected chi connectivity index (χ2v) is 4.54. The van der Waals surface area contributed by atoms with Crippen LogP contribution in [-0.4, -0.2) is 16.7 Å². The Labute approximate surface area is 121 Å². The van der Waals surface area contributed by atoms with E-state index in [0.717, 1.165) is 18.9 Å². The summed E-state index contributed by atoms with van der Waals surface area (Å²) in [6, 6.07) is 1.83. The zero-order valence-electron chi connectivity index (χ0n) is 11.9. The lowest BCUT2D eigenvalue weighted by Gasteiger charge is -2.11. The maximum absolute atomic E-state index is 13.8. The Bertz CT molecular complexity index is 610. The fraction of sp³-hybridized carbons (Fsp3) is 0.429. The third kappa shape index (κ3) is 3.36. The maximum Gasteiger partial charge on any atom is 0.261 e. The van der Waals surface area contributed by atoms with Crippen molar-refractivity contribution in [2.45, 2.75) is 32.8 Å². The standard InChI is InChI=1S/C14H17F2N3O2/c1-3-5-12(20-4-2)13-18-14(21-19-13)8-6-11(17)10(16)7-9(8)15/h6-7,12H,3-5,17H2,1-2H3. The molecule has 2 rings (SSSR count). The number of ether oxygens (including phenoxy) is 1. The van der Waals surface area contributed by atoms with Crippen molar-refractivity contribution in [3.8, 4) is 11.5 Å². The Hall–Kier alpha value is -2.02. The molecule has 5 nitrogen and oxygen atoms in total. The van der Waals surface area contributed by atoms with E-state index in [2.05, 4.69) is 10.1 Å². The van der Waals surface area contributed by atoms with Gasteiger partial charge in [0.15, 0.2) is 0 Å². The Kier molecular flexibility index (Phi) is 4.85. The number of nitrogens with two attached hydrogens (primary N) is 1. The molecule has 1 aromatic heterocycles. The number of nitrogen functional groups attached to an aromatic ring is 1. The highest BCUT2D eigenvalue weighted by atomic mass is 19.1. The molecular weight excluding hydrogens is 280 g/mol. The van der Waals surface area contributed by atoms with E-state index in [4.69, 9.17) is 15.0 Å². The van der Waals surface area contributed by atoms with Crippen LogP contribution in [0.2, 0.25) is 0 Å². The predicted molar refractivity (Wildman–Crippen MR) is 73.3 cm³/mol. The highest BCUT2D eigenvalue weighted by molar-refractivity contribution is 5.61. The Morgan fingerprint density at radius 2 is 2.05 bits per heavy atom. The SMILES string of the molecule is CCCC(OCC)c1noc(-c2cc(N)c(F)cc2F)n1. The lowest BCUT2D eigenvalue weighted by atomic mass is 10.1. The second-order valence-electron chi connectivity index (χ2n) is 4.54. The smallest absolute Gasteiger partial charge is 0.261 e. The number of benzene rings is 1. The summed E-state index contributed by atoms with van der Waals surface area (Å²) in [5.74, 6) is -1.33. The van der Waals surface area contributed by atoms with Crippen LogP contribution >= 0.6 is 0 Å². The predicted octanol–water partition coefficient (Wildman–Crippen LogP) is 3.47. The molecule has 0 fully saturated rings. The summed E-state index contributed by atoms with van der Waals surface area (Å²) in [6.45, 7) is 4.38. The van der Waals surface area contributed by atoms with Crippen LogP contribution in [0.3, 0.4) is 0 Å². The summed E-state index contributed by atoms with van der Waals surface area (Å²) in [5, 5.41) is 3.81. The molecule has 0 radical (unpaired) electrons. The maximum atomic E-state index is 13.8. The average molecular weight is 297 g/mol. The molecule has 0 aliphatic carbocycles. The van der Waals surface area contributed by atoms with Gasteiger partial charge in [0.25, 0.3) is 5.89 Å². The van der Waals surface area contributed by atoms with E-state index in [0.29, 0.717) is 18.5 Å². The summed E-state index contributed by atoms with van der Waals surface area (Å²) in [7, 11) is 0. The third-order valence-electron chi connectivity index (χ3n) is 2.97. The van der Waals surface area contributed by atoms with Gasteiger partial charge in [-0.1, -0.05) is 18.5 Å². The molecule has 2 aromatic rings. The van der Waals surface area contributed by atoms with E-state index in [9.17, 15) is 8.78 Å². The van der Waals surface area contributed by atoms with Crippen LogP contribution in [-0.2, 0) is 4.74 Å². The van der Waals surface area contributed by atoms with Gasteiger partial charge in [-0.2, -0.15) is 4.98 Å². The highest BCUT2D eigenvalue weighted by Crippen LogP contribution is 2.28. The number of anilines is 1. The van der Waals surface area contributed by atoms with Gasteiger partial charge in [0.05, 0.1) is 11.3 Å². The molecule has 0 saturated heterocycles. The molecule has 2 N–H and O–H groups in total. The summed E-state index contributed by atoms with van der Waals surface area (Å²) in [6.07, 6.45) is 1.30. The molecule has 1 atom stereocenters. The number of hydrogen-bond acceptors (Lipinski definition) is 5. The van der Waals surface area contributed by atoms with Crippen molar-refractivity contribution in [1.29, 1.82) is 0 Å². The van der Waals surface area contributed by atoms with Crippen molar-refractivity contribution in [2.75, 3.05) is 12.3 Å². The number of halogens is 2. The first-order valence-corrected chi connectivity index (χ1v) is 6.76. The van der Waals surface area contributed by atoms with Gasteiger partial charge < -0.3 is 15.0 Å². The number of nitrogens with zero attached hydrogens (tertiary/aromatic N) is 2. The van der Waals surface area contributed by atoms with Crippen LogP contribution in [0.1, 0.15) is 38.6 Å². The minimum atomic E-state index is -0.825. The van der Waals surface area contributed by atoms with Gasteiger partial charge >= 0.3 is 0 Å². The first-order valence-electron chi connectivity index (χ1n) is 6.76. The number of hydrogen-bond donors (Lipinski definition) is 1. The molecule has 21 heavy (non-hydrogen) atoms. The van der Waals surface area contributed by atoms with Crippen molar-refractivity contribution in [1.82, 2.24) is 10.1 Å². The summed E-state index contributed by atoms with van der Waals surface area (Å²) < 4.78 is 37.5. The third-order valence-corrected chi connectivity index (χ3v) is 2.97. The normalized spacial score (nSPS) is 12.6. The van der Waals surface area contributed by atoms with Crippen LogP contribution in [0.5, 0.6) is 0 Å². The lowest BCUT2D eigenvalue weighted by Crippen LogP contribution is -2.06. The molecule has 0 aliphatic rings. The molecule has 0 bridgehead atoms. The molecule has 114 valence electrons. The quantitative estimate of drug-likeness (QED) is 0.826. The van der Waals surface area contributed by atoms with Crippen LogP contribution in [0.25, 0.3) is 11.5 Å². The van der Waals surface area contributed by atoms with Gasteiger partial charge in [0.2, 0.25) is 5.82 Å². The number of aromatic nitrogens is 2. The van der Waals surface area contributed by atoms with Gasteiger partial charge in [-0.15, -0.1) is 0 Å². The Morgan fingerprint density at radius 1 is 1.29 bits per heavy atom. The molecular formula is C14H17F2N3O2. The van der Waals surface area contributed by atoms with Crippen LogP contribution in [0.4, 0.5) is 14.5 Å². The zero-order valence-corrected chi connectivity index (χ0v) is 11.9. The Balaban J connectivity index is 2.33. The molecule has 0 aliphatic heterocycles. The molecule has 7 heteroatoms. The van der Waals surface area contributed by atoms with Crippen molar-refractivity contribution in [3.05, 3.63) is 29.6 Å². The summed E-state index contributed by atoms with van der Waals surface area (Å²) in [4.78, 5) is 4.13. The van der Waals surface area contributed by atoms with Gasteiger partial charge in [-0.25, -0.2) is 8.78 Å². The van der Waals surface area contributed by atoms with Crippen molar-refractivity contribution >= 4 is 5.69 Å². The van der Waals surface area contributed by atoms with Crippen LogP contribution < -0.4 is 5.73 Å². The average Bonchev–Trinajstić information content (AvgIpc) is 2.92. The van der Waals surface area contributed by atoms with E-state index in [1.54, 1.807) is 0 Å². The van der Waals surface area contributed by atoms with Gasteiger partial charge in [-0.05, 0) is 19.4 Å². The van der Waals surface area contributed by atoms with Gasteiger partial charge in [0.1, 0.15) is 17.7 Å². The van der Waals surface area contributed by atoms with Crippen LogP contribution in [0, 0.1) is 11.6 Å². The monoisotopic (exact) mass is 297 g/mol. The molecule has 0 spiro atoms. The second kappa shape index (κ2) is 6.62. The van der Waals surface area contributed by atoms with Crippen molar-refractivity contribution in [2.24, 2.45) is 0 Å². The largest absolute Gasteiger partial charge is 0.396 e. The van der Waals surface area contributed by atoms with E-state index >= 15 is 0 Å². The fourth-order valence-electron chi connectivity index (χ4n) is 1.96. The van der Waals surface area contributed by atoms with E-state index in [-0.39, 0.29) is 23.2 Å². The highest BCUT2D eigenvalue weighted by Gasteiger charge is 2.21. The van der Waals surface area contributed by atoms with Gasteiger partial charge in [-0.3, -0.25) is 0 Å². The first-order chi connectivity index (χ1) is 10.1. The van der Waals surface area contributed by atoms with Gasteiger partial charge in [0, 0.05) is 12.7 Å². The van der Waals surface area contributed by atoms with E-state index in [1.807, 2.05) is 13.8 Å². The fourth-order valence-corrected chi connectivity index (χ4v) is 1.96. The minimum absolute atomic E-state index is 0.0283. The van der Waals surface area contributed by atoms with E-state index in [1.165, 1.54) is 0 Å².